The van der Waals surface area contributed by atoms with Gasteiger partial charge in [0.1, 0.15) is 4.83 Å². The van der Waals surface area contributed by atoms with Crippen molar-refractivity contribution in [3.05, 3.63) is 27.8 Å². The number of aromatic nitrogens is 1. The molecule has 2 heteroatoms. The molecule has 0 bridgehead atoms. The van der Waals surface area contributed by atoms with E-state index in [1.54, 1.807) is 10.4 Å². The van der Waals surface area contributed by atoms with Gasteiger partial charge in [0.15, 0.2) is 0 Å². The molecule has 0 spiro atoms. The van der Waals surface area contributed by atoms with Crippen LogP contribution in [0.5, 0.6) is 0 Å². The molecule has 0 saturated carbocycles. The molecule has 0 saturated heterocycles. The Morgan fingerprint density at radius 2 is 2.27 bits per heavy atom. The van der Waals surface area contributed by atoms with Crippen LogP contribution < -0.4 is 0 Å². The summed E-state index contributed by atoms with van der Waals surface area (Å²) in [6, 6.07) is 2.26. The summed E-state index contributed by atoms with van der Waals surface area (Å²) >= 11 is 1.92. The first-order valence-corrected chi connectivity index (χ1v) is 6.52. The van der Waals surface area contributed by atoms with E-state index in [-0.39, 0.29) is 0 Å². The maximum absolute atomic E-state index is 4.67. The second-order valence-corrected chi connectivity index (χ2v) is 5.40. The van der Waals surface area contributed by atoms with Crippen LogP contribution in [0.4, 0.5) is 0 Å². The second-order valence-electron chi connectivity index (χ2n) is 4.31. The summed E-state index contributed by atoms with van der Waals surface area (Å²) < 4.78 is 0. The van der Waals surface area contributed by atoms with Crippen LogP contribution in [0.2, 0.25) is 0 Å². The van der Waals surface area contributed by atoms with Crippen molar-refractivity contribution >= 4 is 21.6 Å². The Morgan fingerprint density at radius 1 is 1.40 bits per heavy atom. The average molecular weight is 217 g/mol. The predicted octanol–water partition coefficient (Wildman–Crippen LogP) is 3.66. The third-order valence-corrected chi connectivity index (χ3v) is 4.45. The van der Waals surface area contributed by atoms with E-state index < -0.39 is 0 Å². The molecular weight excluding hydrogens is 202 g/mol. The Hall–Kier alpha value is -0.890. The molecule has 0 radical (unpaired) electrons. The van der Waals surface area contributed by atoms with Crippen molar-refractivity contribution in [2.24, 2.45) is 0 Å². The number of rotatable bonds is 1. The lowest BCUT2D eigenvalue weighted by Gasteiger charge is -2.03. The zero-order valence-corrected chi connectivity index (χ0v) is 10.1. The topological polar surface area (TPSA) is 12.9 Å². The smallest absolute Gasteiger partial charge is 0.124 e. The summed E-state index contributed by atoms with van der Waals surface area (Å²) in [7, 11) is 0. The van der Waals surface area contributed by atoms with Gasteiger partial charge >= 0.3 is 0 Å². The molecule has 1 aliphatic rings. The van der Waals surface area contributed by atoms with Gasteiger partial charge in [-0.25, -0.2) is 4.98 Å². The van der Waals surface area contributed by atoms with Crippen molar-refractivity contribution in [1.82, 2.24) is 4.98 Å². The lowest BCUT2D eigenvalue weighted by Crippen LogP contribution is -1.89. The quantitative estimate of drug-likeness (QED) is 0.710. The summed E-state index contributed by atoms with van der Waals surface area (Å²) in [5, 5.41) is 1.49. The van der Waals surface area contributed by atoms with E-state index in [4.69, 9.17) is 0 Å². The van der Waals surface area contributed by atoms with E-state index >= 15 is 0 Å². The second kappa shape index (κ2) is 3.31. The molecule has 0 N–H and O–H groups in total. The predicted molar refractivity (Wildman–Crippen MR) is 65.8 cm³/mol. The first kappa shape index (κ1) is 9.34. The van der Waals surface area contributed by atoms with E-state index in [0.29, 0.717) is 0 Å². The minimum Gasteiger partial charge on any atom is -0.242 e. The van der Waals surface area contributed by atoms with Crippen molar-refractivity contribution in [1.29, 1.82) is 0 Å². The summed E-state index contributed by atoms with van der Waals surface area (Å²) in [6.45, 7) is 4.34. The van der Waals surface area contributed by atoms with Crippen molar-refractivity contribution in [2.75, 3.05) is 0 Å². The van der Waals surface area contributed by atoms with Crippen LogP contribution in [0, 0.1) is 6.92 Å². The van der Waals surface area contributed by atoms with Gasteiger partial charge in [0.2, 0.25) is 0 Å². The minimum absolute atomic E-state index is 1.13. The van der Waals surface area contributed by atoms with Crippen molar-refractivity contribution in [2.45, 2.75) is 39.5 Å². The van der Waals surface area contributed by atoms with Crippen LogP contribution in [-0.2, 0) is 19.3 Å². The molecular formula is C13H15NS. The minimum atomic E-state index is 1.13. The summed E-state index contributed by atoms with van der Waals surface area (Å²) in [5.41, 5.74) is 4.27. The van der Waals surface area contributed by atoms with Gasteiger partial charge in [-0.2, -0.15) is 0 Å². The molecule has 2 aromatic rings. The Kier molecular flexibility index (Phi) is 2.06. The Bertz CT molecular complexity index is 525. The highest BCUT2D eigenvalue weighted by atomic mass is 32.1. The average Bonchev–Trinajstić information content (AvgIpc) is 2.75. The number of pyridine rings is 1. The first-order valence-electron chi connectivity index (χ1n) is 5.70. The van der Waals surface area contributed by atoms with Gasteiger partial charge in [-0.05, 0) is 49.8 Å². The number of thiophene rings is 1. The Labute approximate surface area is 94.2 Å². The van der Waals surface area contributed by atoms with Gasteiger partial charge in [-0.15, -0.1) is 11.3 Å². The molecule has 1 nitrogen and oxygen atoms in total. The number of fused-ring (bicyclic) bond motifs is 3. The van der Waals surface area contributed by atoms with Crippen LogP contribution in [0.25, 0.3) is 10.2 Å². The molecule has 3 rings (SSSR count). The van der Waals surface area contributed by atoms with Crippen LogP contribution >= 0.6 is 11.3 Å². The van der Waals surface area contributed by atoms with E-state index in [1.165, 1.54) is 40.7 Å². The molecule has 78 valence electrons. The highest BCUT2D eigenvalue weighted by molar-refractivity contribution is 7.18. The summed E-state index contributed by atoms with van der Waals surface area (Å²) in [4.78, 5) is 7.54. The third-order valence-electron chi connectivity index (χ3n) is 3.27. The van der Waals surface area contributed by atoms with Gasteiger partial charge in [0, 0.05) is 16.0 Å². The summed E-state index contributed by atoms with van der Waals surface area (Å²) in [6.07, 6.45) is 5.02. The number of aryl methyl sites for hydroxylation is 4. The zero-order valence-electron chi connectivity index (χ0n) is 9.26. The molecule has 2 aromatic heterocycles. The number of nitrogens with zero attached hydrogens (tertiary/aromatic N) is 1. The molecule has 2 heterocycles. The number of hydrogen-bond acceptors (Lipinski definition) is 2. The maximum Gasteiger partial charge on any atom is 0.124 e. The lowest BCUT2D eigenvalue weighted by atomic mass is 10.0. The van der Waals surface area contributed by atoms with Gasteiger partial charge in [-0.3, -0.25) is 0 Å². The fourth-order valence-electron chi connectivity index (χ4n) is 2.60. The highest BCUT2D eigenvalue weighted by Gasteiger charge is 2.20. The summed E-state index contributed by atoms with van der Waals surface area (Å²) in [5.74, 6) is 0. The van der Waals surface area contributed by atoms with E-state index in [1.807, 2.05) is 11.3 Å². The Balaban J connectivity index is 2.39. The first-order chi connectivity index (χ1) is 7.29. The van der Waals surface area contributed by atoms with Crippen LogP contribution in [-0.4, -0.2) is 4.98 Å². The number of hydrogen-bond donors (Lipinski definition) is 0. The molecule has 0 aromatic carbocycles. The molecule has 0 fully saturated rings. The molecule has 0 aliphatic heterocycles. The monoisotopic (exact) mass is 217 g/mol. The molecule has 0 unspecified atom stereocenters. The molecule has 0 atom stereocenters. The van der Waals surface area contributed by atoms with Crippen molar-refractivity contribution in [3.63, 3.8) is 0 Å². The Morgan fingerprint density at radius 3 is 3.07 bits per heavy atom. The lowest BCUT2D eigenvalue weighted by molar-refractivity contribution is 0.916. The highest BCUT2D eigenvalue weighted by Crippen LogP contribution is 2.38. The van der Waals surface area contributed by atoms with Crippen LogP contribution in [0.1, 0.15) is 35.0 Å². The van der Waals surface area contributed by atoms with Crippen LogP contribution in [0.15, 0.2) is 6.07 Å². The van der Waals surface area contributed by atoms with E-state index in [2.05, 4.69) is 24.9 Å². The normalized spacial score (nSPS) is 14.8. The zero-order chi connectivity index (χ0) is 10.4. The van der Waals surface area contributed by atoms with Crippen LogP contribution in [0.3, 0.4) is 0 Å². The van der Waals surface area contributed by atoms with Gasteiger partial charge < -0.3 is 0 Å². The van der Waals surface area contributed by atoms with Gasteiger partial charge in [0.25, 0.3) is 0 Å². The SMILES string of the molecule is CCc1cc(C)nc2sc3c(c12)CCC3. The van der Waals surface area contributed by atoms with Crippen molar-refractivity contribution < 1.29 is 0 Å². The van der Waals surface area contributed by atoms with Crippen molar-refractivity contribution in [3.8, 4) is 0 Å². The maximum atomic E-state index is 4.67. The van der Waals surface area contributed by atoms with Gasteiger partial charge in [-0.1, -0.05) is 6.92 Å². The molecule has 0 amide bonds. The third kappa shape index (κ3) is 1.31. The fraction of sp³-hybridized carbons (Fsp3) is 0.462. The fourth-order valence-corrected chi connectivity index (χ4v) is 3.95. The van der Waals surface area contributed by atoms with Gasteiger partial charge in [0.05, 0.1) is 0 Å². The van der Waals surface area contributed by atoms with E-state index in [9.17, 15) is 0 Å². The molecule has 1 aliphatic carbocycles. The molecule has 15 heavy (non-hydrogen) atoms. The largest absolute Gasteiger partial charge is 0.242 e. The van der Waals surface area contributed by atoms with E-state index in [0.717, 1.165) is 6.42 Å². The standard InChI is InChI=1S/C13H15NS/c1-3-9-7-8(2)14-13-12(9)10-5-4-6-11(10)15-13/h7H,3-6H2,1-2H3.